The molecule has 1 aromatic rings. The Morgan fingerprint density at radius 2 is 2.00 bits per heavy atom. The summed E-state index contributed by atoms with van der Waals surface area (Å²) < 4.78 is 33.6. The maximum atomic E-state index is 12.5. The molecule has 0 radical (unpaired) electrons. The standard InChI is InChI=1S/C14H24N2O3S2.ClH/c1-11-8-12(2)20-13(11)21(17,18)16-9-14(10-19-3)4-6-15-7-5-14;/h8,15-16H,4-7,9-10H2,1-3H3;1H. The zero-order valence-corrected chi connectivity index (χ0v) is 15.7. The van der Waals surface area contributed by atoms with Gasteiger partial charge in [0, 0.05) is 23.9 Å². The molecule has 2 N–H and O–H groups in total. The summed E-state index contributed by atoms with van der Waals surface area (Å²) in [4.78, 5) is 1.02. The Hall–Kier alpha value is -0.180. The summed E-state index contributed by atoms with van der Waals surface area (Å²) in [5.74, 6) is 0. The van der Waals surface area contributed by atoms with Gasteiger partial charge < -0.3 is 10.1 Å². The summed E-state index contributed by atoms with van der Waals surface area (Å²) >= 11 is 1.33. The molecule has 1 aromatic heterocycles. The average molecular weight is 369 g/mol. The Balaban J connectivity index is 0.00000242. The largest absolute Gasteiger partial charge is 0.384 e. The fraction of sp³-hybridized carbons (Fsp3) is 0.714. The minimum atomic E-state index is -3.43. The molecule has 0 atom stereocenters. The minimum absolute atomic E-state index is 0. The highest BCUT2D eigenvalue weighted by molar-refractivity contribution is 7.91. The topological polar surface area (TPSA) is 67.4 Å². The Morgan fingerprint density at radius 3 is 2.50 bits per heavy atom. The van der Waals surface area contributed by atoms with Crippen LogP contribution in [-0.2, 0) is 14.8 Å². The molecule has 128 valence electrons. The van der Waals surface area contributed by atoms with Gasteiger partial charge in [0.2, 0.25) is 10.0 Å². The summed E-state index contributed by atoms with van der Waals surface area (Å²) in [6.45, 7) is 6.59. The van der Waals surface area contributed by atoms with Crippen molar-refractivity contribution < 1.29 is 13.2 Å². The summed E-state index contributed by atoms with van der Waals surface area (Å²) in [6.07, 6.45) is 1.84. The number of piperidine rings is 1. The highest BCUT2D eigenvalue weighted by Crippen LogP contribution is 2.30. The van der Waals surface area contributed by atoms with Crippen molar-refractivity contribution in [2.45, 2.75) is 30.9 Å². The van der Waals surface area contributed by atoms with Gasteiger partial charge >= 0.3 is 0 Å². The van der Waals surface area contributed by atoms with Gasteiger partial charge in [-0.1, -0.05) is 0 Å². The van der Waals surface area contributed by atoms with Crippen LogP contribution in [0.25, 0.3) is 0 Å². The molecule has 22 heavy (non-hydrogen) atoms. The van der Waals surface area contributed by atoms with Gasteiger partial charge in [-0.05, 0) is 51.4 Å². The third-order valence-corrected chi connectivity index (χ3v) is 7.18. The zero-order valence-electron chi connectivity index (χ0n) is 13.3. The molecule has 0 saturated carbocycles. The van der Waals surface area contributed by atoms with E-state index in [1.54, 1.807) is 7.11 Å². The summed E-state index contributed by atoms with van der Waals surface area (Å²) in [7, 11) is -1.76. The van der Waals surface area contributed by atoms with E-state index in [1.807, 2.05) is 19.9 Å². The number of halogens is 1. The first kappa shape index (κ1) is 19.9. The molecule has 1 aliphatic rings. The molecule has 0 unspecified atom stereocenters. The molecule has 8 heteroatoms. The maximum Gasteiger partial charge on any atom is 0.250 e. The number of ether oxygens (including phenoxy) is 1. The van der Waals surface area contributed by atoms with Crippen molar-refractivity contribution in [1.82, 2.24) is 10.0 Å². The van der Waals surface area contributed by atoms with Gasteiger partial charge in [0.05, 0.1) is 6.61 Å². The van der Waals surface area contributed by atoms with Gasteiger partial charge in [-0.3, -0.25) is 0 Å². The molecule has 0 amide bonds. The maximum absolute atomic E-state index is 12.5. The van der Waals surface area contributed by atoms with Crippen molar-refractivity contribution >= 4 is 33.8 Å². The summed E-state index contributed by atoms with van der Waals surface area (Å²) in [6, 6.07) is 1.91. The van der Waals surface area contributed by atoms with Crippen LogP contribution in [-0.4, -0.2) is 41.8 Å². The molecular formula is C14H25ClN2O3S2. The first-order valence-corrected chi connectivity index (χ1v) is 9.45. The SMILES string of the molecule is COCC1(CNS(=O)(=O)c2sc(C)cc2C)CCNCC1.Cl. The van der Waals surface area contributed by atoms with E-state index in [1.165, 1.54) is 11.3 Å². The second-order valence-electron chi connectivity index (χ2n) is 5.84. The van der Waals surface area contributed by atoms with Crippen LogP contribution in [0.2, 0.25) is 0 Å². The molecule has 2 heterocycles. The monoisotopic (exact) mass is 368 g/mol. The lowest BCUT2D eigenvalue weighted by molar-refractivity contribution is 0.0577. The Bertz CT molecular complexity index is 575. The molecule has 0 spiro atoms. The van der Waals surface area contributed by atoms with Crippen LogP contribution in [0.3, 0.4) is 0 Å². The number of sulfonamides is 1. The average Bonchev–Trinajstić information content (AvgIpc) is 2.78. The zero-order chi connectivity index (χ0) is 15.5. The lowest BCUT2D eigenvalue weighted by Crippen LogP contribution is -2.47. The summed E-state index contributed by atoms with van der Waals surface area (Å²) in [5, 5.41) is 3.31. The van der Waals surface area contributed by atoms with E-state index in [4.69, 9.17) is 4.74 Å². The van der Waals surface area contributed by atoms with Crippen molar-refractivity contribution in [3.63, 3.8) is 0 Å². The highest BCUT2D eigenvalue weighted by atomic mass is 35.5. The minimum Gasteiger partial charge on any atom is -0.384 e. The molecule has 5 nitrogen and oxygen atoms in total. The Labute approximate surface area is 143 Å². The molecule has 0 aliphatic carbocycles. The van der Waals surface area contributed by atoms with Crippen molar-refractivity contribution in [1.29, 1.82) is 0 Å². The van der Waals surface area contributed by atoms with Crippen LogP contribution in [0.4, 0.5) is 0 Å². The molecule has 1 aliphatic heterocycles. The van der Waals surface area contributed by atoms with Gasteiger partial charge in [0.1, 0.15) is 4.21 Å². The van der Waals surface area contributed by atoms with Crippen molar-refractivity contribution in [3.8, 4) is 0 Å². The Morgan fingerprint density at radius 1 is 1.36 bits per heavy atom. The lowest BCUT2D eigenvalue weighted by Gasteiger charge is -2.37. The van der Waals surface area contributed by atoms with E-state index < -0.39 is 10.0 Å². The molecule has 1 saturated heterocycles. The number of nitrogens with one attached hydrogen (secondary N) is 2. The van der Waals surface area contributed by atoms with E-state index in [-0.39, 0.29) is 17.8 Å². The molecule has 2 rings (SSSR count). The van der Waals surface area contributed by atoms with Gasteiger partial charge in [-0.15, -0.1) is 23.7 Å². The normalized spacial score (nSPS) is 18.0. The van der Waals surface area contributed by atoms with Gasteiger partial charge in [-0.25, -0.2) is 13.1 Å². The van der Waals surface area contributed by atoms with Crippen molar-refractivity contribution in [3.05, 3.63) is 16.5 Å². The predicted molar refractivity (Wildman–Crippen MR) is 92.6 cm³/mol. The quantitative estimate of drug-likeness (QED) is 0.806. The number of hydrogen-bond acceptors (Lipinski definition) is 5. The van der Waals surface area contributed by atoms with E-state index in [0.29, 0.717) is 17.4 Å². The van der Waals surface area contributed by atoms with E-state index >= 15 is 0 Å². The third-order valence-electron chi connectivity index (χ3n) is 3.99. The highest BCUT2D eigenvalue weighted by Gasteiger charge is 2.34. The second-order valence-corrected chi connectivity index (χ2v) is 9.05. The predicted octanol–water partition coefficient (Wildman–Crippen LogP) is 2.08. The van der Waals surface area contributed by atoms with Crippen molar-refractivity contribution in [2.24, 2.45) is 5.41 Å². The van der Waals surface area contributed by atoms with Crippen LogP contribution in [0, 0.1) is 19.3 Å². The fourth-order valence-corrected chi connectivity index (χ4v) is 5.70. The van der Waals surface area contributed by atoms with Crippen LogP contribution in [0.5, 0.6) is 0 Å². The molecule has 0 aromatic carbocycles. The van der Waals surface area contributed by atoms with Gasteiger partial charge in [0.25, 0.3) is 0 Å². The van der Waals surface area contributed by atoms with Crippen LogP contribution in [0.15, 0.2) is 10.3 Å². The summed E-state index contributed by atoms with van der Waals surface area (Å²) in [5.41, 5.74) is 0.712. The smallest absolute Gasteiger partial charge is 0.250 e. The number of thiophene rings is 1. The van der Waals surface area contributed by atoms with Crippen LogP contribution >= 0.6 is 23.7 Å². The van der Waals surface area contributed by atoms with Gasteiger partial charge in [-0.2, -0.15) is 0 Å². The molecule has 1 fully saturated rings. The number of aryl methyl sites for hydroxylation is 2. The lowest BCUT2D eigenvalue weighted by atomic mass is 9.80. The van der Waals surface area contributed by atoms with Crippen molar-refractivity contribution in [2.75, 3.05) is 33.4 Å². The molecular weight excluding hydrogens is 344 g/mol. The number of methoxy groups -OCH3 is 1. The number of hydrogen-bond donors (Lipinski definition) is 2. The second kappa shape index (κ2) is 8.08. The van der Waals surface area contributed by atoms with E-state index in [9.17, 15) is 8.42 Å². The first-order chi connectivity index (χ1) is 9.88. The van der Waals surface area contributed by atoms with Crippen LogP contribution < -0.4 is 10.0 Å². The number of rotatable bonds is 6. The van der Waals surface area contributed by atoms with E-state index in [2.05, 4.69) is 10.0 Å². The van der Waals surface area contributed by atoms with Crippen LogP contribution in [0.1, 0.15) is 23.3 Å². The van der Waals surface area contributed by atoms with E-state index in [0.717, 1.165) is 36.4 Å². The fourth-order valence-electron chi connectivity index (χ4n) is 2.84. The first-order valence-electron chi connectivity index (χ1n) is 7.15. The third kappa shape index (κ3) is 4.66. The molecule has 0 bridgehead atoms. The van der Waals surface area contributed by atoms with Gasteiger partial charge in [0.15, 0.2) is 0 Å². The Kier molecular flexibility index (Phi) is 7.29.